The first kappa shape index (κ1) is 40.0. The summed E-state index contributed by atoms with van der Waals surface area (Å²) in [5.74, 6) is -0.141. The fraction of sp³-hybridized carbons (Fsp3) is 0.722. The van der Waals surface area contributed by atoms with Gasteiger partial charge in [-0.15, -0.1) is 0 Å². The Morgan fingerprint density at radius 1 is 0.812 bits per heavy atom. The first-order valence-electron chi connectivity index (χ1n) is 18.3. The molecule has 1 amide bonds. The van der Waals surface area contributed by atoms with Gasteiger partial charge in [0.1, 0.15) is 12.2 Å². The normalized spacial score (nSPS) is 17.7. The molecule has 12 heteroatoms. The van der Waals surface area contributed by atoms with Crippen LogP contribution in [-0.2, 0) is 34.5 Å². The molecule has 270 valence electrons. The van der Waals surface area contributed by atoms with Gasteiger partial charge in [-0.05, 0) is 18.9 Å². The van der Waals surface area contributed by atoms with Crippen LogP contribution in [0.3, 0.4) is 0 Å². The molecule has 0 spiro atoms. The Morgan fingerprint density at radius 2 is 1.42 bits per heavy atom. The predicted octanol–water partition coefficient (Wildman–Crippen LogP) is 8.02. The third-order valence-electron chi connectivity index (χ3n) is 8.48. The molecule has 0 saturated carbocycles. The van der Waals surface area contributed by atoms with Crippen molar-refractivity contribution in [3.05, 3.63) is 35.9 Å². The average molecular weight is 690 g/mol. The molecule has 3 unspecified atom stereocenters. The van der Waals surface area contributed by atoms with Gasteiger partial charge in [-0.25, -0.2) is 0 Å². The van der Waals surface area contributed by atoms with Crippen LogP contribution in [0.2, 0.25) is 0 Å². The Kier molecular flexibility index (Phi) is 19.9. The van der Waals surface area contributed by atoms with E-state index < -0.39 is 25.6 Å². The number of ether oxygens (including phenoxy) is 2. The lowest BCUT2D eigenvalue weighted by Crippen LogP contribution is -2.42. The van der Waals surface area contributed by atoms with E-state index in [4.69, 9.17) is 24.3 Å². The first-order chi connectivity index (χ1) is 23.4. The summed E-state index contributed by atoms with van der Waals surface area (Å²) in [6.07, 6.45) is 22.2. The van der Waals surface area contributed by atoms with E-state index >= 15 is 0 Å². The lowest BCUT2D eigenvalue weighted by molar-refractivity contribution is -0.117. The molecule has 1 aromatic rings. The van der Waals surface area contributed by atoms with Crippen molar-refractivity contribution in [2.24, 2.45) is 20.7 Å². The van der Waals surface area contributed by atoms with Crippen LogP contribution < -0.4 is 5.73 Å². The molecule has 2 heterocycles. The lowest BCUT2D eigenvalue weighted by Gasteiger charge is -2.25. The number of amides is 1. The van der Waals surface area contributed by atoms with Gasteiger partial charge in [0.25, 0.3) is 5.91 Å². The Bertz CT molecular complexity index is 1180. The number of fused-ring (bicyclic) bond motifs is 1. The minimum Gasteiger partial charge on any atom is -0.379 e. The highest BCUT2D eigenvalue weighted by Crippen LogP contribution is 2.49. The molecule has 2 aliphatic heterocycles. The van der Waals surface area contributed by atoms with Crippen LogP contribution in [0.1, 0.15) is 122 Å². The molecule has 0 bridgehead atoms. The fourth-order valence-corrected chi connectivity index (χ4v) is 7.04. The third-order valence-corrected chi connectivity index (χ3v) is 10.0. The van der Waals surface area contributed by atoms with Crippen LogP contribution in [0.25, 0.3) is 0 Å². The maximum Gasteiger partial charge on any atom is 0.356 e. The largest absolute Gasteiger partial charge is 0.379 e. The highest BCUT2D eigenvalue weighted by atomic mass is 31.2. The second-order valence-corrected chi connectivity index (χ2v) is 14.8. The van der Waals surface area contributed by atoms with Crippen LogP contribution in [-0.4, -0.2) is 73.8 Å². The minimum absolute atomic E-state index is 0.0976. The standard InChI is InChI=1S/C36H60N5O6P/c1-3-4-5-6-7-8-9-10-11-12-13-14-15-16-17-21-24-44-25-26-46-48(43,47-28-32-22-19-18-20-23-32)30-45-31(2)27-41-29-38-33-34(41)39-36(37)40-35(33)42/h18-20,22-23,29,31,33H,3-17,21,24-28,30H2,1-2H3,(H2,37,40,42). The number of hydrogen-bond donors (Lipinski definition) is 1. The molecule has 2 N–H and O–H groups in total. The topological polar surface area (TPSA) is 137 Å². The van der Waals surface area contributed by atoms with Crippen molar-refractivity contribution >= 4 is 31.6 Å². The van der Waals surface area contributed by atoms with E-state index in [1.54, 1.807) is 4.90 Å². The smallest absolute Gasteiger partial charge is 0.356 e. The second kappa shape index (κ2) is 23.8. The molecular weight excluding hydrogens is 629 g/mol. The molecular formula is C36H60N5O6P. The Labute approximate surface area is 288 Å². The maximum absolute atomic E-state index is 13.7. The predicted molar refractivity (Wildman–Crippen MR) is 194 cm³/mol. The third kappa shape index (κ3) is 16.3. The number of benzene rings is 1. The van der Waals surface area contributed by atoms with Crippen molar-refractivity contribution < 1.29 is 27.9 Å². The number of amidine groups is 1. The van der Waals surface area contributed by atoms with Crippen molar-refractivity contribution in [2.75, 3.05) is 32.7 Å². The minimum atomic E-state index is -3.60. The molecule has 2 aliphatic rings. The number of nitrogens with two attached hydrogens (primary N) is 1. The van der Waals surface area contributed by atoms with Crippen LogP contribution in [0.5, 0.6) is 0 Å². The molecule has 0 aliphatic carbocycles. The van der Waals surface area contributed by atoms with Crippen LogP contribution in [0.4, 0.5) is 0 Å². The van der Waals surface area contributed by atoms with Gasteiger partial charge in [-0.1, -0.05) is 134 Å². The van der Waals surface area contributed by atoms with E-state index in [-0.39, 0.29) is 25.5 Å². The molecule has 0 fully saturated rings. The average Bonchev–Trinajstić information content (AvgIpc) is 3.48. The zero-order valence-electron chi connectivity index (χ0n) is 29.4. The van der Waals surface area contributed by atoms with Gasteiger partial charge in [-0.3, -0.25) is 14.4 Å². The Hall–Kier alpha value is -2.43. The summed E-state index contributed by atoms with van der Waals surface area (Å²) in [6, 6.07) is 8.73. The number of nitrogens with zero attached hydrogens (tertiary/aromatic N) is 4. The molecule has 48 heavy (non-hydrogen) atoms. The molecule has 0 saturated heterocycles. The number of carbonyl (C=O) groups is 1. The van der Waals surface area contributed by atoms with Crippen LogP contribution in [0.15, 0.2) is 45.3 Å². The first-order valence-corrected chi connectivity index (χ1v) is 20.0. The van der Waals surface area contributed by atoms with Crippen LogP contribution >= 0.6 is 7.60 Å². The molecule has 0 aromatic heterocycles. The van der Waals surface area contributed by atoms with E-state index in [1.807, 2.05) is 37.3 Å². The quantitative estimate of drug-likeness (QED) is 0.0660. The maximum atomic E-state index is 13.7. The van der Waals surface area contributed by atoms with E-state index in [0.717, 1.165) is 18.4 Å². The van der Waals surface area contributed by atoms with Gasteiger partial charge in [0.2, 0.25) is 5.96 Å². The highest BCUT2D eigenvalue weighted by Gasteiger charge is 2.36. The van der Waals surface area contributed by atoms with Crippen molar-refractivity contribution in [1.29, 1.82) is 0 Å². The number of carbonyl (C=O) groups excluding carboxylic acids is 1. The molecule has 3 rings (SSSR count). The lowest BCUT2D eigenvalue weighted by atomic mass is 10.0. The van der Waals surface area contributed by atoms with E-state index in [2.05, 4.69) is 21.9 Å². The number of rotatable bonds is 29. The highest BCUT2D eigenvalue weighted by molar-refractivity contribution is 7.53. The van der Waals surface area contributed by atoms with Crippen molar-refractivity contribution in [3.63, 3.8) is 0 Å². The monoisotopic (exact) mass is 689 g/mol. The van der Waals surface area contributed by atoms with Gasteiger partial charge in [0, 0.05) is 6.61 Å². The number of hydrogen-bond acceptors (Lipinski definition) is 10. The number of unbranched alkanes of at least 4 members (excludes halogenated alkanes) is 15. The van der Waals surface area contributed by atoms with Gasteiger partial charge in [-0.2, -0.15) is 9.98 Å². The van der Waals surface area contributed by atoms with E-state index in [1.165, 1.54) is 96.2 Å². The van der Waals surface area contributed by atoms with E-state index in [0.29, 0.717) is 25.6 Å². The van der Waals surface area contributed by atoms with Crippen molar-refractivity contribution in [3.8, 4) is 0 Å². The Morgan fingerprint density at radius 3 is 2.04 bits per heavy atom. The van der Waals surface area contributed by atoms with Crippen molar-refractivity contribution in [2.45, 2.75) is 135 Å². The summed E-state index contributed by atoms with van der Waals surface area (Å²) >= 11 is 0. The van der Waals surface area contributed by atoms with E-state index in [9.17, 15) is 9.36 Å². The molecule has 3 atom stereocenters. The van der Waals surface area contributed by atoms with Gasteiger partial charge < -0.3 is 29.2 Å². The SMILES string of the molecule is CCCCCCCCCCCCCCCCCCOCCOP(=O)(COC(C)CN1C=NC2C(=O)N=C(N)N=C21)OCc1ccccc1. The molecule has 11 nitrogen and oxygen atoms in total. The molecule has 1 aromatic carbocycles. The fourth-order valence-electron chi connectivity index (χ4n) is 5.68. The molecule has 0 radical (unpaired) electrons. The summed E-state index contributed by atoms with van der Waals surface area (Å²) in [5.41, 5.74) is 6.55. The second-order valence-electron chi connectivity index (χ2n) is 12.8. The summed E-state index contributed by atoms with van der Waals surface area (Å²) in [7, 11) is -3.60. The number of aliphatic imine (C=N–C) groups is 3. The summed E-state index contributed by atoms with van der Waals surface area (Å²) in [6.45, 7) is 5.68. The zero-order valence-corrected chi connectivity index (χ0v) is 30.3. The van der Waals surface area contributed by atoms with Gasteiger partial charge in [0.15, 0.2) is 6.04 Å². The van der Waals surface area contributed by atoms with Crippen molar-refractivity contribution in [1.82, 2.24) is 4.90 Å². The summed E-state index contributed by atoms with van der Waals surface area (Å²) < 4.78 is 36.9. The summed E-state index contributed by atoms with van der Waals surface area (Å²) in [5, 5.41) is 0. The van der Waals surface area contributed by atoms with Gasteiger partial charge >= 0.3 is 7.60 Å². The van der Waals surface area contributed by atoms with Crippen LogP contribution in [0, 0.1) is 0 Å². The Balaban J connectivity index is 1.25. The van der Waals surface area contributed by atoms with Gasteiger partial charge in [0.05, 0.1) is 38.8 Å². The summed E-state index contributed by atoms with van der Waals surface area (Å²) in [4.78, 5) is 25.8. The number of guanidine groups is 1. The zero-order chi connectivity index (χ0) is 34.3.